The molecule has 0 aliphatic heterocycles. The van der Waals surface area contributed by atoms with Gasteiger partial charge >= 0.3 is 5.97 Å². The van der Waals surface area contributed by atoms with Gasteiger partial charge in [0.1, 0.15) is 11.6 Å². The van der Waals surface area contributed by atoms with Crippen LogP contribution in [0.4, 0.5) is 10.1 Å². The number of esters is 1. The molecule has 2 N–H and O–H groups in total. The summed E-state index contributed by atoms with van der Waals surface area (Å²) in [5, 5.41) is 0. The lowest BCUT2D eigenvalue weighted by molar-refractivity contribution is -0.149. The minimum absolute atomic E-state index is 0.117. The van der Waals surface area contributed by atoms with Crippen molar-refractivity contribution in [2.24, 2.45) is 0 Å². The van der Waals surface area contributed by atoms with Gasteiger partial charge in [0.05, 0.1) is 16.3 Å². The molecule has 0 saturated carbocycles. The fraction of sp³-hybridized carbons (Fsp3) is 0.364. The minimum atomic E-state index is -0.525. The first-order valence-corrected chi connectivity index (χ1v) is 5.76. The molecule has 17 heavy (non-hydrogen) atoms. The molecule has 0 radical (unpaired) electrons. The van der Waals surface area contributed by atoms with Crippen LogP contribution >= 0.6 is 15.9 Å². The third-order valence-corrected chi connectivity index (χ3v) is 2.37. The topological polar surface area (TPSA) is 61.5 Å². The Morgan fingerprint density at radius 1 is 1.53 bits per heavy atom. The van der Waals surface area contributed by atoms with Crippen molar-refractivity contribution in [3.05, 3.63) is 22.4 Å². The van der Waals surface area contributed by atoms with Crippen molar-refractivity contribution in [1.82, 2.24) is 0 Å². The van der Waals surface area contributed by atoms with Crippen molar-refractivity contribution in [1.29, 1.82) is 0 Å². The largest absolute Gasteiger partial charge is 0.480 e. The van der Waals surface area contributed by atoms with E-state index < -0.39 is 11.8 Å². The molecule has 0 unspecified atom stereocenters. The van der Waals surface area contributed by atoms with Crippen LogP contribution in [0.1, 0.15) is 13.8 Å². The van der Waals surface area contributed by atoms with Crippen LogP contribution in [0.25, 0.3) is 0 Å². The number of nitrogen functional groups attached to an aromatic ring is 1. The summed E-state index contributed by atoms with van der Waals surface area (Å²) in [6, 6.07) is 2.49. The average Bonchev–Trinajstić information content (AvgIpc) is 2.20. The molecule has 1 aromatic carbocycles. The van der Waals surface area contributed by atoms with E-state index in [9.17, 15) is 9.18 Å². The lowest BCUT2D eigenvalue weighted by Crippen LogP contribution is -2.19. The zero-order valence-electron chi connectivity index (χ0n) is 9.50. The molecule has 0 bridgehead atoms. The predicted octanol–water partition coefficient (Wildman–Crippen LogP) is 2.50. The molecule has 1 aromatic rings. The molecule has 0 aliphatic rings. The van der Waals surface area contributed by atoms with Gasteiger partial charge in [0.15, 0.2) is 6.61 Å². The maximum absolute atomic E-state index is 13.2. The Morgan fingerprint density at radius 3 is 2.76 bits per heavy atom. The van der Waals surface area contributed by atoms with Crippen LogP contribution in [-0.2, 0) is 9.53 Å². The zero-order chi connectivity index (χ0) is 13.0. The second-order valence-electron chi connectivity index (χ2n) is 3.63. The molecule has 0 spiro atoms. The van der Waals surface area contributed by atoms with Crippen LogP contribution in [-0.4, -0.2) is 18.7 Å². The summed E-state index contributed by atoms with van der Waals surface area (Å²) in [6.45, 7) is 3.15. The van der Waals surface area contributed by atoms with E-state index in [4.69, 9.17) is 15.2 Å². The highest BCUT2D eigenvalue weighted by atomic mass is 79.9. The average molecular weight is 306 g/mol. The van der Waals surface area contributed by atoms with E-state index in [0.29, 0.717) is 0 Å². The number of carbonyl (C=O) groups excluding carboxylic acids is 1. The third kappa shape index (κ3) is 4.22. The number of anilines is 1. The van der Waals surface area contributed by atoms with Gasteiger partial charge in [-0.1, -0.05) is 0 Å². The normalized spacial score (nSPS) is 10.4. The first kappa shape index (κ1) is 13.8. The van der Waals surface area contributed by atoms with Gasteiger partial charge in [0.2, 0.25) is 0 Å². The van der Waals surface area contributed by atoms with Gasteiger partial charge in [0.25, 0.3) is 0 Å². The SMILES string of the molecule is CC(C)OC(=O)COc1cc(F)c(Br)cc1N. The third-order valence-electron chi connectivity index (χ3n) is 1.77. The Hall–Kier alpha value is -1.30. The van der Waals surface area contributed by atoms with Crippen molar-refractivity contribution >= 4 is 27.6 Å². The van der Waals surface area contributed by atoms with Crippen LogP contribution in [0.5, 0.6) is 5.75 Å². The molecular weight excluding hydrogens is 293 g/mol. The summed E-state index contributed by atoms with van der Waals surface area (Å²) in [4.78, 5) is 11.2. The van der Waals surface area contributed by atoms with Gasteiger partial charge in [-0.15, -0.1) is 0 Å². The highest BCUT2D eigenvalue weighted by molar-refractivity contribution is 9.10. The highest BCUT2D eigenvalue weighted by Gasteiger charge is 2.10. The molecular formula is C11H13BrFNO3. The second kappa shape index (κ2) is 5.86. The predicted molar refractivity (Wildman–Crippen MR) is 65.2 cm³/mol. The molecule has 6 heteroatoms. The van der Waals surface area contributed by atoms with Gasteiger partial charge in [-0.25, -0.2) is 9.18 Å². The summed E-state index contributed by atoms with van der Waals surface area (Å²) in [7, 11) is 0. The van der Waals surface area contributed by atoms with E-state index in [1.165, 1.54) is 6.07 Å². The standard InChI is InChI=1S/C11H13BrFNO3/c1-6(2)17-11(15)5-16-10-4-8(13)7(12)3-9(10)14/h3-4,6H,5,14H2,1-2H3. The van der Waals surface area contributed by atoms with Crippen LogP contribution in [0.15, 0.2) is 16.6 Å². The van der Waals surface area contributed by atoms with Crippen molar-refractivity contribution in [3.63, 3.8) is 0 Å². The number of hydrogen-bond donors (Lipinski definition) is 1. The molecule has 0 amide bonds. The lowest BCUT2D eigenvalue weighted by Gasteiger charge is -2.11. The number of halogens is 2. The summed E-state index contributed by atoms with van der Waals surface area (Å²) in [6.07, 6.45) is -0.217. The van der Waals surface area contributed by atoms with Crippen LogP contribution < -0.4 is 10.5 Å². The quantitative estimate of drug-likeness (QED) is 0.686. The van der Waals surface area contributed by atoms with Gasteiger partial charge in [-0.3, -0.25) is 0 Å². The summed E-state index contributed by atoms with van der Waals surface area (Å²) >= 11 is 2.99. The van der Waals surface area contributed by atoms with E-state index in [0.717, 1.165) is 6.07 Å². The van der Waals surface area contributed by atoms with E-state index in [-0.39, 0.29) is 28.6 Å². The van der Waals surface area contributed by atoms with E-state index in [1.807, 2.05) is 0 Å². The van der Waals surface area contributed by atoms with E-state index in [2.05, 4.69) is 15.9 Å². The zero-order valence-corrected chi connectivity index (χ0v) is 11.1. The van der Waals surface area contributed by atoms with Crippen molar-refractivity contribution in [2.75, 3.05) is 12.3 Å². The molecule has 0 atom stereocenters. The summed E-state index contributed by atoms with van der Waals surface area (Å²) in [5.74, 6) is -0.916. The summed E-state index contributed by atoms with van der Waals surface area (Å²) in [5.41, 5.74) is 5.85. The van der Waals surface area contributed by atoms with Gasteiger partial charge in [-0.2, -0.15) is 0 Å². The number of rotatable bonds is 4. The minimum Gasteiger partial charge on any atom is -0.480 e. The number of hydrogen-bond acceptors (Lipinski definition) is 4. The van der Waals surface area contributed by atoms with Gasteiger partial charge in [0, 0.05) is 6.07 Å². The Labute approximate surface area is 107 Å². The molecule has 1 rings (SSSR count). The molecule has 0 fully saturated rings. The van der Waals surface area contributed by atoms with Crippen LogP contribution in [0.2, 0.25) is 0 Å². The monoisotopic (exact) mass is 305 g/mol. The van der Waals surface area contributed by atoms with Crippen molar-refractivity contribution < 1.29 is 18.7 Å². The molecule has 4 nitrogen and oxygen atoms in total. The van der Waals surface area contributed by atoms with Crippen molar-refractivity contribution in [2.45, 2.75) is 20.0 Å². The Balaban J connectivity index is 2.63. The number of benzene rings is 1. The highest BCUT2D eigenvalue weighted by Crippen LogP contribution is 2.28. The second-order valence-corrected chi connectivity index (χ2v) is 4.49. The van der Waals surface area contributed by atoms with E-state index in [1.54, 1.807) is 13.8 Å². The fourth-order valence-corrected chi connectivity index (χ4v) is 1.46. The Bertz CT molecular complexity index is 423. The summed E-state index contributed by atoms with van der Waals surface area (Å²) < 4.78 is 23.4. The maximum Gasteiger partial charge on any atom is 0.344 e. The number of nitrogens with two attached hydrogens (primary N) is 1. The van der Waals surface area contributed by atoms with E-state index >= 15 is 0 Å². The first-order chi connectivity index (χ1) is 7.90. The lowest BCUT2D eigenvalue weighted by atomic mass is 10.3. The molecule has 0 heterocycles. The molecule has 0 aliphatic carbocycles. The number of carbonyl (C=O) groups is 1. The van der Waals surface area contributed by atoms with Crippen LogP contribution in [0, 0.1) is 5.82 Å². The Morgan fingerprint density at radius 2 is 2.18 bits per heavy atom. The van der Waals surface area contributed by atoms with Crippen LogP contribution in [0.3, 0.4) is 0 Å². The molecule has 0 aromatic heterocycles. The number of ether oxygens (including phenoxy) is 2. The van der Waals surface area contributed by atoms with Gasteiger partial charge in [-0.05, 0) is 35.8 Å². The fourth-order valence-electron chi connectivity index (χ4n) is 1.10. The first-order valence-electron chi connectivity index (χ1n) is 4.97. The Kier molecular flexibility index (Phi) is 4.74. The maximum atomic E-state index is 13.2. The smallest absolute Gasteiger partial charge is 0.344 e. The molecule has 94 valence electrons. The van der Waals surface area contributed by atoms with Gasteiger partial charge < -0.3 is 15.2 Å². The molecule has 0 saturated heterocycles. The van der Waals surface area contributed by atoms with Crippen molar-refractivity contribution in [3.8, 4) is 5.75 Å².